The summed E-state index contributed by atoms with van der Waals surface area (Å²) in [6, 6.07) is 7.74. The minimum atomic E-state index is -0.668. The fourth-order valence-electron chi connectivity index (χ4n) is 1.74. The molecule has 0 saturated heterocycles. The number of aryl methyl sites for hydroxylation is 1. The minimum Gasteiger partial charge on any atom is -0.490 e. The number of esters is 1. The van der Waals surface area contributed by atoms with Crippen LogP contribution in [0.4, 0.5) is 0 Å². The molecule has 0 unspecified atom stereocenters. The average molecular weight is 262 g/mol. The predicted molar refractivity (Wildman–Crippen MR) is 71.1 cm³/mol. The van der Waals surface area contributed by atoms with Crippen LogP contribution < -0.4 is 4.74 Å². The molecule has 1 aromatic carbocycles. The average Bonchev–Trinajstić information content (AvgIpc) is 2.31. The molecule has 0 spiro atoms. The zero-order chi connectivity index (χ0) is 14.3. The summed E-state index contributed by atoms with van der Waals surface area (Å²) in [5, 5.41) is 0. The van der Waals surface area contributed by atoms with Gasteiger partial charge < -0.3 is 15.0 Å². The highest BCUT2D eigenvalue weighted by molar-refractivity contribution is 6.20. The van der Waals surface area contributed by atoms with Crippen LogP contribution >= 0.6 is 0 Å². The highest BCUT2D eigenvalue weighted by Gasteiger charge is 2.15. The van der Waals surface area contributed by atoms with Gasteiger partial charge in [-0.25, -0.2) is 4.79 Å². The molecule has 19 heavy (non-hydrogen) atoms. The molecule has 5 heteroatoms. The van der Waals surface area contributed by atoms with Crippen molar-refractivity contribution in [3.63, 3.8) is 0 Å². The first-order valence-corrected chi connectivity index (χ1v) is 6.13. The van der Waals surface area contributed by atoms with E-state index in [9.17, 15) is 4.79 Å². The Morgan fingerprint density at radius 1 is 1.37 bits per heavy atom. The molecular weight excluding hydrogens is 244 g/mol. The minimum absolute atomic E-state index is 0.0880. The molecule has 0 heterocycles. The molecule has 102 valence electrons. The second-order valence-corrected chi connectivity index (χ2v) is 4.42. The van der Waals surface area contributed by atoms with E-state index in [0.29, 0.717) is 6.42 Å². The second kappa shape index (κ2) is 7.34. The van der Waals surface area contributed by atoms with Gasteiger partial charge in [0.1, 0.15) is 11.9 Å². The standard InChI is InChI=1S/C14H18N2O3/c1-10-6-4-5-7-13(10)18-11(2)8-12(3)19-14(17)9-16-15/h4-7,9,11-12H,8H2,1-3H3/t11-,12-/m0/s1. The van der Waals surface area contributed by atoms with Crippen LogP contribution in [0.5, 0.6) is 5.75 Å². The fraction of sp³-hybridized carbons (Fsp3) is 0.429. The number of para-hydroxylation sites is 1. The normalized spacial score (nSPS) is 13.0. The summed E-state index contributed by atoms with van der Waals surface area (Å²) in [7, 11) is 0. The maximum Gasteiger partial charge on any atom is 0.413 e. The Kier molecular flexibility index (Phi) is 5.76. The van der Waals surface area contributed by atoms with Crippen LogP contribution in [0.2, 0.25) is 0 Å². The Morgan fingerprint density at radius 2 is 2.05 bits per heavy atom. The third kappa shape index (κ3) is 5.36. The fourth-order valence-corrected chi connectivity index (χ4v) is 1.74. The molecule has 0 N–H and O–H groups in total. The lowest BCUT2D eigenvalue weighted by Crippen LogP contribution is -2.23. The second-order valence-electron chi connectivity index (χ2n) is 4.42. The molecule has 0 saturated carbocycles. The quantitative estimate of drug-likeness (QED) is 0.342. The van der Waals surface area contributed by atoms with Crippen LogP contribution in [0.15, 0.2) is 24.3 Å². The molecule has 1 aromatic rings. The van der Waals surface area contributed by atoms with Gasteiger partial charge in [-0.05, 0) is 32.4 Å². The van der Waals surface area contributed by atoms with E-state index in [1.54, 1.807) is 6.92 Å². The summed E-state index contributed by atoms with van der Waals surface area (Å²) in [5.74, 6) is 0.156. The van der Waals surface area contributed by atoms with Crippen LogP contribution in [0.1, 0.15) is 25.8 Å². The first-order valence-electron chi connectivity index (χ1n) is 6.13. The number of rotatable bonds is 6. The molecule has 0 bridgehead atoms. The van der Waals surface area contributed by atoms with E-state index in [4.69, 9.17) is 15.0 Å². The van der Waals surface area contributed by atoms with E-state index in [0.717, 1.165) is 17.5 Å². The number of benzene rings is 1. The van der Waals surface area contributed by atoms with Crippen molar-refractivity contribution in [3.8, 4) is 5.75 Å². The van der Waals surface area contributed by atoms with Crippen molar-refractivity contribution in [2.45, 2.75) is 39.4 Å². The molecule has 0 amide bonds. The molecular formula is C14H18N2O3. The van der Waals surface area contributed by atoms with Gasteiger partial charge in [-0.1, -0.05) is 18.2 Å². The first-order chi connectivity index (χ1) is 9.02. The highest BCUT2D eigenvalue weighted by Crippen LogP contribution is 2.19. The third-order valence-corrected chi connectivity index (χ3v) is 2.57. The van der Waals surface area contributed by atoms with E-state index >= 15 is 0 Å². The molecule has 0 fully saturated rings. The van der Waals surface area contributed by atoms with Crippen molar-refractivity contribution in [1.82, 2.24) is 0 Å². The van der Waals surface area contributed by atoms with Gasteiger partial charge in [0, 0.05) is 6.42 Å². The highest BCUT2D eigenvalue weighted by atomic mass is 16.5. The van der Waals surface area contributed by atoms with Crippen LogP contribution in [-0.4, -0.2) is 29.2 Å². The number of carbonyl (C=O) groups excluding carboxylic acids is 1. The smallest absolute Gasteiger partial charge is 0.413 e. The Morgan fingerprint density at radius 3 is 2.68 bits per heavy atom. The maximum atomic E-state index is 11.1. The molecule has 5 nitrogen and oxygen atoms in total. The SMILES string of the molecule is Cc1ccccc1O[C@@H](C)C[C@H](C)OC(=O)C=[N+]=[N-]. The van der Waals surface area contributed by atoms with Crippen LogP contribution in [0.25, 0.3) is 5.53 Å². The van der Waals surface area contributed by atoms with Gasteiger partial charge in [-0.15, -0.1) is 0 Å². The Labute approximate surface area is 112 Å². The largest absolute Gasteiger partial charge is 0.490 e. The first kappa shape index (κ1) is 14.9. The lowest BCUT2D eigenvalue weighted by atomic mass is 10.2. The number of carbonyl (C=O) groups is 1. The Hall–Kier alpha value is -2.13. The zero-order valence-electron chi connectivity index (χ0n) is 11.4. The van der Waals surface area contributed by atoms with Gasteiger partial charge in [0.05, 0.1) is 6.10 Å². The summed E-state index contributed by atoms with van der Waals surface area (Å²) >= 11 is 0. The molecule has 1 rings (SSSR count). The summed E-state index contributed by atoms with van der Waals surface area (Å²) in [4.78, 5) is 13.7. The summed E-state index contributed by atoms with van der Waals surface area (Å²) in [6.07, 6.45) is 0.877. The van der Waals surface area contributed by atoms with E-state index in [-0.39, 0.29) is 12.2 Å². The van der Waals surface area contributed by atoms with Crippen LogP contribution in [-0.2, 0) is 9.53 Å². The molecule has 0 aliphatic carbocycles. The van der Waals surface area contributed by atoms with Gasteiger partial charge >= 0.3 is 12.2 Å². The van der Waals surface area contributed by atoms with Crippen LogP contribution in [0.3, 0.4) is 0 Å². The van der Waals surface area contributed by atoms with Crippen molar-refractivity contribution in [2.24, 2.45) is 0 Å². The van der Waals surface area contributed by atoms with E-state index in [2.05, 4.69) is 4.79 Å². The van der Waals surface area contributed by atoms with Gasteiger partial charge in [0.15, 0.2) is 0 Å². The topological polar surface area (TPSA) is 71.9 Å². The monoisotopic (exact) mass is 262 g/mol. The number of ether oxygens (including phenoxy) is 2. The molecule has 0 aliphatic heterocycles. The molecule has 0 aromatic heterocycles. The van der Waals surface area contributed by atoms with E-state index in [1.165, 1.54) is 0 Å². The number of nitrogens with zero attached hydrogens (tertiary/aromatic N) is 2. The van der Waals surface area contributed by atoms with Gasteiger partial charge in [0.25, 0.3) is 0 Å². The number of hydrogen-bond donors (Lipinski definition) is 0. The van der Waals surface area contributed by atoms with Crippen molar-refractivity contribution in [1.29, 1.82) is 0 Å². The summed E-state index contributed by atoms with van der Waals surface area (Å²) in [5.41, 5.74) is 9.26. The lowest BCUT2D eigenvalue weighted by Gasteiger charge is -2.19. The van der Waals surface area contributed by atoms with E-state index in [1.807, 2.05) is 38.1 Å². The van der Waals surface area contributed by atoms with Crippen molar-refractivity contribution in [3.05, 3.63) is 35.4 Å². The van der Waals surface area contributed by atoms with Crippen molar-refractivity contribution < 1.29 is 19.1 Å². The summed E-state index contributed by atoms with van der Waals surface area (Å²) < 4.78 is 10.8. The van der Waals surface area contributed by atoms with Gasteiger partial charge in [-0.2, -0.15) is 4.79 Å². The van der Waals surface area contributed by atoms with Gasteiger partial charge in [-0.3, -0.25) is 0 Å². The Balaban J connectivity index is 2.47. The predicted octanol–water partition coefficient (Wildman–Crippen LogP) is 2.38. The molecule has 0 aliphatic rings. The zero-order valence-corrected chi connectivity index (χ0v) is 11.4. The van der Waals surface area contributed by atoms with Crippen LogP contribution in [0, 0.1) is 6.92 Å². The third-order valence-electron chi connectivity index (χ3n) is 2.57. The summed E-state index contributed by atoms with van der Waals surface area (Å²) in [6.45, 7) is 5.65. The molecule has 2 atom stereocenters. The maximum absolute atomic E-state index is 11.1. The van der Waals surface area contributed by atoms with Gasteiger partial charge in [0.2, 0.25) is 0 Å². The van der Waals surface area contributed by atoms with Crippen molar-refractivity contribution in [2.75, 3.05) is 0 Å². The molecule has 0 radical (unpaired) electrons. The number of hydrogen-bond acceptors (Lipinski definition) is 3. The lowest BCUT2D eigenvalue weighted by molar-refractivity contribution is -0.144. The van der Waals surface area contributed by atoms with Crippen molar-refractivity contribution >= 4 is 12.2 Å². The Bertz CT molecular complexity index is 481. The van der Waals surface area contributed by atoms with E-state index < -0.39 is 5.97 Å².